The van der Waals surface area contributed by atoms with E-state index in [1.807, 2.05) is 6.07 Å². The molecule has 1 N–H and O–H groups in total. The second kappa shape index (κ2) is 4.30. The van der Waals surface area contributed by atoms with Crippen LogP contribution in [0.3, 0.4) is 0 Å². The summed E-state index contributed by atoms with van der Waals surface area (Å²) in [5.41, 5.74) is 2.40. The zero-order valence-corrected chi connectivity index (χ0v) is 9.20. The van der Waals surface area contributed by atoms with Gasteiger partial charge in [-0.15, -0.1) is 0 Å². The summed E-state index contributed by atoms with van der Waals surface area (Å²) in [6.07, 6.45) is 2.13. The standard InChI is InChI=1S/C13H16N2/c1-10(2)13-14-9-8-12(15-13)11-6-4-3-5-7-11/h3-8,10H,9H2,1-2H3,(H,14,15). The predicted molar refractivity (Wildman–Crippen MR) is 64.7 cm³/mol. The summed E-state index contributed by atoms with van der Waals surface area (Å²) in [6, 6.07) is 10.4. The number of nitrogens with one attached hydrogen (secondary N) is 1. The van der Waals surface area contributed by atoms with Crippen LogP contribution in [0.2, 0.25) is 0 Å². The monoisotopic (exact) mass is 200 g/mol. The van der Waals surface area contributed by atoms with E-state index >= 15 is 0 Å². The van der Waals surface area contributed by atoms with Gasteiger partial charge >= 0.3 is 0 Å². The molecular weight excluding hydrogens is 184 g/mol. The Morgan fingerprint density at radius 1 is 1.20 bits per heavy atom. The predicted octanol–water partition coefficient (Wildman–Crippen LogP) is 2.69. The molecule has 0 aromatic heterocycles. The second-order valence-corrected chi connectivity index (χ2v) is 3.99. The summed E-state index contributed by atoms with van der Waals surface area (Å²) < 4.78 is 0. The summed E-state index contributed by atoms with van der Waals surface area (Å²) >= 11 is 0. The minimum absolute atomic E-state index is 0.456. The van der Waals surface area contributed by atoms with Gasteiger partial charge < -0.3 is 5.32 Å². The van der Waals surface area contributed by atoms with Crippen molar-refractivity contribution < 1.29 is 0 Å². The van der Waals surface area contributed by atoms with Gasteiger partial charge in [-0.25, -0.2) is 0 Å². The summed E-state index contributed by atoms with van der Waals surface area (Å²) in [4.78, 5) is 4.43. The molecule has 0 aliphatic carbocycles. The van der Waals surface area contributed by atoms with Gasteiger partial charge in [0.05, 0.1) is 6.54 Å². The second-order valence-electron chi connectivity index (χ2n) is 3.99. The number of aliphatic imine (C=N–C) groups is 1. The maximum atomic E-state index is 4.43. The van der Waals surface area contributed by atoms with Gasteiger partial charge in [0.2, 0.25) is 0 Å². The van der Waals surface area contributed by atoms with Crippen molar-refractivity contribution in [2.45, 2.75) is 13.8 Å². The zero-order valence-electron chi connectivity index (χ0n) is 9.20. The van der Waals surface area contributed by atoms with Crippen molar-refractivity contribution in [3.63, 3.8) is 0 Å². The summed E-state index contributed by atoms with van der Waals surface area (Å²) in [6.45, 7) is 5.09. The van der Waals surface area contributed by atoms with E-state index in [0.717, 1.165) is 12.4 Å². The van der Waals surface area contributed by atoms with E-state index < -0.39 is 0 Å². The van der Waals surface area contributed by atoms with Gasteiger partial charge in [0, 0.05) is 11.6 Å². The highest BCUT2D eigenvalue weighted by molar-refractivity contribution is 5.93. The number of rotatable bonds is 2. The molecule has 1 aromatic rings. The number of benzene rings is 1. The van der Waals surface area contributed by atoms with Crippen molar-refractivity contribution in [3.05, 3.63) is 42.0 Å². The normalized spacial score (nSPS) is 15.7. The van der Waals surface area contributed by atoms with Crippen LogP contribution in [0.5, 0.6) is 0 Å². The number of nitrogens with zero attached hydrogens (tertiary/aromatic N) is 1. The van der Waals surface area contributed by atoms with E-state index in [1.165, 1.54) is 11.3 Å². The Morgan fingerprint density at radius 2 is 1.93 bits per heavy atom. The Bertz CT molecular complexity index is 388. The third-order valence-corrected chi connectivity index (χ3v) is 2.45. The number of hydrogen-bond acceptors (Lipinski definition) is 2. The Labute approximate surface area is 90.7 Å². The van der Waals surface area contributed by atoms with Gasteiger partial charge in [0.25, 0.3) is 0 Å². The van der Waals surface area contributed by atoms with Crippen LogP contribution >= 0.6 is 0 Å². The smallest absolute Gasteiger partial charge is 0.104 e. The molecule has 0 saturated heterocycles. The largest absolute Gasteiger partial charge is 0.344 e. The van der Waals surface area contributed by atoms with Crippen LogP contribution in [0.15, 0.2) is 41.4 Å². The minimum atomic E-state index is 0.456. The van der Waals surface area contributed by atoms with Crippen LogP contribution in [-0.4, -0.2) is 12.4 Å². The molecular formula is C13H16N2. The molecule has 1 aromatic carbocycles. The molecule has 15 heavy (non-hydrogen) atoms. The third-order valence-electron chi connectivity index (χ3n) is 2.45. The van der Waals surface area contributed by atoms with Crippen LogP contribution in [0.25, 0.3) is 5.70 Å². The summed E-state index contributed by atoms with van der Waals surface area (Å²) in [7, 11) is 0. The molecule has 2 heteroatoms. The van der Waals surface area contributed by atoms with E-state index in [1.54, 1.807) is 0 Å². The van der Waals surface area contributed by atoms with Crippen LogP contribution in [-0.2, 0) is 0 Å². The van der Waals surface area contributed by atoms with Gasteiger partial charge in [0.1, 0.15) is 5.84 Å². The van der Waals surface area contributed by atoms with Crippen molar-refractivity contribution in [3.8, 4) is 0 Å². The molecule has 1 aliphatic rings. The average Bonchev–Trinajstić information content (AvgIpc) is 2.30. The van der Waals surface area contributed by atoms with E-state index in [0.29, 0.717) is 5.92 Å². The van der Waals surface area contributed by atoms with Crippen molar-refractivity contribution in [2.24, 2.45) is 10.9 Å². The van der Waals surface area contributed by atoms with Crippen molar-refractivity contribution >= 4 is 11.5 Å². The fourth-order valence-corrected chi connectivity index (χ4v) is 1.60. The maximum Gasteiger partial charge on any atom is 0.104 e. The lowest BCUT2D eigenvalue weighted by atomic mass is 10.1. The first-order chi connectivity index (χ1) is 7.27. The van der Waals surface area contributed by atoms with Crippen molar-refractivity contribution in [2.75, 3.05) is 6.54 Å². The molecule has 2 rings (SSSR count). The van der Waals surface area contributed by atoms with Gasteiger partial charge in [-0.1, -0.05) is 44.2 Å². The maximum absolute atomic E-state index is 4.43. The van der Waals surface area contributed by atoms with Gasteiger partial charge in [0.15, 0.2) is 0 Å². The highest BCUT2D eigenvalue weighted by Gasteiger charge is 2.11. The quantitative estimate of drug-likeness (QED) is 0.780. The first-order valence-corrected chi connectivity index (χ1v) is 5.34. The highest BCUT2D eigenvalue weighted by Crippen LogP contribution is 2.14. The number of hydrogen-bond donors (Lipinski definition) is 1. The van der Waals surface area contributed by atoms with Crippen LogP contribution in [0, 0.1) is 5.92 Å². The molecule has 0 saturated carbocycles. The lowest BCUT2D eigenvalue weighted by Crippen LogP contribution is -2.29. The summed E-state index contributed by atoms with van der Waals surface area (Å²) in [5.74, 6) is 1.54. The Balaban J connectivity index is 2.17. The van der Waals surface area contributed by atoms with Gasteiger partial charge in [-0.05, 0) is 11.6 Å². The highest BCUT2D eigenvalue weighted by atomic mass is 15.0. The topological polar surface area (TPSA) is 24.4 Å². The van der Waals surface area contributed by atoms with Crippen molar-refractivity contribution in [1.82, 2.24) is 5.32 Å². The van der Waals surface area contributed by atoms with Gasteiger partial charge in [-0.3, -0.25) is 4.99 Å². The van der Waals surface area contributed by atoms with Crippen molar-refractivity contribution in [1.29, 1.82) is 0 Å². The Morgan fingerprint density at radius 3 is 2.60 bits per heavy atom. The van der Waals surface area contributed by atoms with E-state index in [4.69, 9.17) is 0 Å². The van der Waals surface area contributed by atoms with Gasteiger partial charge in [-0.2, -0.15) is 0 Å². The molecule has 0 atom stereocenters. The van der Waals surface area contributed by atoms with Crippen LogP contribution in [0.1, 0.15) is 19.4 Å². The van der Waals surface area contributed by atoms with E-state index in [-0.39, 0.29) is 0 Å². The molecule has 0 bridgehead atoms. The number of amidine groups is 1. The van der Waals surface area contributed by atoms with Crippen LogP contribution < -0.4 is 5.32 Å². The Kier molecular flexibility index (Phi) is 2.86. The first-order valence-electron chi connectivity index (χ1n) is 5.34. The Hall–Kier alpha value is -1.57. The lowest BCUT2D eigenvalue weighted by molar-refractivity contribution is 0.836. The first kappa shape index (κ1) is 9.97. The average molecular weight is 200 g/mol. The fourth-order valence-electron chi connectivity index (χ4n) is 1.60. The van der Waals surface area contributed by atoms with E-state index in [9.17, 15) is 0 Å². The molecule has 78 valence electrons. The minimum Gasteiger partial charge on any atom is -0.344 e. The molecule has 0 unspecified atom stereocenters. The van der Waals surface area contributed by atoms with E-state index in [2.05, 4.69) is 54.5 Å². The SMILES string of the molecule is CC(C)C1=NCC=C(c2ccccc2)N1. The molecule has 1 aliphatic heterocycles. The molecule has 0 spiro atoms. The molecule has 0 amide bonds. The summed E-state index contributed by atoms with van der Waals surface area (Å²) in [5, 5.41) is 3.38. The molecule has 0 fully saturated rings. The molecule has 0 radical (unpaired) electrons. The zero-order chi connectivity index (χ0) is 10.7. The van der Waals surface area contributed by atoms with Crippen LogP contribution in [0.4, 0.5) is 0 Å². The third kappa shape index (κ3) is 2.27. The molecule has 2 nitrogen and oxygen atoms in total. The fraction of sp³-hybridized carbons (Fsp3) is 0.308. The lowest BCUT2D eigenvalue weighted by Gasteiger charge is -2.19. The molecule has 1 heterocycles.